The molecule has 5 nitrogen and oxygen atoms in total. The van der Waals surface area contributed by atoms with Gasteiger partial charge < -0.3 is 4.74 Å². The molecule has 8 rings (SSSR count). The van der Waals surface area contributed by atoms with E-state index in [1.807, 2.05) is 30.3 Å². The third-order valence-electron chi connectivity index (χ3n) is 7.74. The standard InChI is InChI=1S/C31H21NO4/c33-29-27-25-21-13-4-5-14-22(21)26(24-16-7-6-15-23(24)25)28(27)30(34)32(29)19-11-8-12-20(17-19)36-31(35)18-9-2-1-3-10-18/h1-17,25-28H. The minimum Gasteiger partial charge on any atom is -0.423 e. The van der Waals surface area contributed by atoms with Crippen LogP contribution in [0.3, 0.4) is 0 Å². The van der Waals surface area contributed by atoms with E-state index >= 15 is 0 Å². The van der Waals surface area contributed by atoms with E-state index in [4.69, 9.17) is 4.74 Å². The van der Waals surface area contributed by atoms with Crippen LogP contribution in [-0.2, 0) is 9.59 Å². The lowest BCUT2D eigenvalue weighted by Gasteiger charge is -2.45. The zero-order valence-electron chi connectivity index (χ0n) is 19.2. The Labute approximate surface area is 207 Å². The fourth-order valence-electron chi connectivity index (χ4n) is 6.36. The molecule has 0 N–H and O–H groups in total. The number of amides is 2. The molecular formula is C31H21NO4. The van der Waals surface area contributed by atoms with E-state index < -0.39 is 17.8 Å². The Morgan fingerprint density at radius 1 is 0.611 bits per heavy atom. The molecule has 5 heteroatoms. The van der Waals surface area contributed by atoms with E-state index in [9.17, 15) is 14.4 Å². The maximum absolute atomic E-state index is 13.9. The number of nitrogens with zero attached hydrogens (tertiary/aromatic N) is 1. The lowest BCUT2D eigenvalue weighted by Crippen LogP contribution is -2.41. The minimum atomic E-state index is -0.496. The minimum absolute atomic E-state index is 0.159. The first-order valence-electron chi connectivity index (χ1n) is 12.1. The normalized spacial score (nSPS) is 23.2. The van der Waals surface area contributed by atoms with Crippen molar-refractivity contribution in [1.29, 1.82) is 0 Å². The molecule has 0 aromatic heterocycles. The van der Waals surface area contributed by atoms with Gasteiger partial charge in [0.05, 0.1) is 23.1 Å². The molecule has 1 aliphatic heterocycles. The molecule has 3 aliphatic carbocycles. The number of hydrogen-bond donors (Lipinski definition) is 0. The summed E-state index contributed by atoms with van der Waals surface area (Å²) in [5.41, 5.74) is 5.39. The molecule has 0 radical (unpaired) electrons. The Balaban J connectivity index is 1.27. The lowest BCUT2D eigenvalue weighted by molar-refractivity contribution is -0.122. The van der Waals surface area contributed by atoms with Crippen molar-refractivity contribution in [3.8, 4) is 5.75 Å². The summed E-state index contributed by atoms with van der Waals surface area (Å²) in [7, 11) is 0. The molecule has 2 atom stereocenters. The van der Waals surface area contributed by atoms with Crippen molar-refractivity contribution in [2.45, 2.75) is 11.8 Å². The molecule has 0 saturated carbocycles. The van der Waals surface area contributed by atoms with E-state index in [2.05, 4.69) is 24.3 Å². The van der Waals surface area contributed by atoms with Crippen LogP contribution in [0.15, 0.2) is 103 Å². The number of ether oxygens (including phenoxy) is 1. The van der Waals surface area contributed by atoms with Gasteiger partial charge in [0.2, 0.25) is 11.8 Å². The topological polar surface area (TPSA) is 63.7 Å². The second-order valence-corrected chi connectivity index (χ2v) is 9.53. The fraction of sp³-hybridized carbons (Fsp3) is 0.129. The first-order chi connectivity index (χ1) is 17.6. The van der Waals surface area contributed by atoms with Crippen molar-refractivity contribution in [3.63, 3.8) is 0 Å². The third kappa shape index (κ3) is 2.86. The highest BCUT2D eigenvalue weighted by Gasteiger charge is 2.61. The molecule has 0 spiro atoms. The van der Waals surface area contributed by atoms with Crippen LogP contribution in [0, 0.1) is 11.8 Å². The van der Waals surface area contributed by atoms with E-state index in [-0.39, 0.29) is 29.4 Å². The Hall–Kier alpha value is -4.51. The smallest absolute Gasteiger partial charge is 0.343 e. The van der Waals surface area contributed by atoms with E-state index in [0.717, 1.165) is 22.3 Å². The Kier molecular flexibility index (Phi) is 4.48. The van der Waals surface area contributed by atoms with Gasteiger partial charge in [-0.2, -0.15) is 0 Å². The van der Waals surface area contributed by atoms with Gasteiger partial charge in [0.25, 0.3) is 0 Å². The Morgan fingerprint density at radius 3 is 1.64 bits per heavy atom. The molecule has 2 amide bonds. The molecule has 2 unspecified atom stereocenters. The van der Waals surface area contributed by atoms with Gasteiger partial charge >= 0.3 is 5.97 Å². The van der Waals surface area contributed by atoms with Gasteiger partial charge in [-0.15, -0.1) is 0 Å². The molecule has 2 bridgehead atoms. The molecule has 36 heavy (non-hydrogen) atoms. The van der Waals surface area contributed by atoms with Gasteiger partial charge in [0.1, 0.15) is 5.75 Å². The van der Waals surface area contributed by atoms with Crippen LogP contribution in [0.2, 0.25) is 0 Å². The first-order valence-corrected chi connectivity index (χ1v) is 12.1. The summed E-state index contributed by atoms with van der Waals surface area (Å²) in [6.07, 6.45) is 0. The second-order valence-electron chi connectivity index (χ2n) is 9.53. The van der Waals surface area contributed by atoms with Gasteiger partial charge in [0, 0.05) is 17.9 Å². The van der Waals surface area contributed by atoms with Crippen LogP contribution in [0.5, 0.6) is 5.75 Å². The predicted molar refractivity (Wildman–Crippen MR) is 134 cm³/mol. The van der Waals surface area contributed by atoms with Gasteiger partial charge in [0.15, 0.2) is 0 Å². The monoisotopic (exact) mass is 471 g/mol. The molecular weight excluding hydrogens is 450 g/mol. The van der Waals surface area contributed by atoms with Gasteiger partial charge in [-0.1, -0.05) is 72.8 Å². The van der Waals surface area contributed by atoms with E-state index in [1.54, 1.807) is 48.5 Å². The molecule has 174 valence electrons. The van der Waals surface area contributed by atoms with Crippen molar-refractivity contribution < 1.29 is 19.1 Å². The van der Waals surface area contributed by atoms with Crippen molar-refractivity contribution in [2.24, 2.45) is 11.8 Å². The zero-order valence-corrected chi connectivity index (χ0v) is 19.2. The van der Waals surface area contributed by atoms with Gasteiger partial charge in [-0.25, -0.2) is 9.69 Å². The number of anilines is 1. The van der Waals surface area contributed by atoms with Crippen molar-refractivity contribution in [2.75, 3.05) is 4.90 Å². The first kappa shape index (κ1) is 20.8. The summed E-state index contributed by atoms with van der Waals surface area (Å²) < 4.78 is 5.56. The Morgan fingerprint density at radius 2 is 1.11 bits per heavy atom. The summed E-state index contributed by atoms with van der Waals surface area (Å²) >= 11 is 0. The van der Waals surface area contributed by atoms with Crippen LogP contribution in [0.25, 0.3) is 0 Å². The average molecular weight is 472 g/mol. The summed E-state index contributed by atoms with van der Waals surface area (Å²) in [4.78, 5) is 41.7. The predicted octanol–water partition coefficient (Wildman–Crippen LogP) is 5.30. The number of carbonyl (C=O) groups is 3. The number of carbonyl (C=O) groups excluding carboxylic acids is 3. The van der Waals surface area contributed by atoms with Crippen molar-refractivity contribution in [3.05, 3.63) is 131 Å². The summed E-state index contributed by atoms with van der Waals surface area (Å²) in [5, 5.41) is 0. The average Bonchev–Trinajstić information content (AvgIpc) is 3.19. The molecule has 4 aromatic rings. The number of rotatable bonds is 3. The maximum atomic E-state index is 13.9. The quantitative estimate of drug-likeness (QED) is 0.231. The third-order valence-corrected chi connectivity index (χ3v) is 7.74. The molecule has 4 aromatic carbocycles. The van der Waals surface area contributed by atoms with Crippen molar-refractivity contribution in [1.82, 2.24) is 0 Å². The van der Waals surface area contributed by atoms with Crippen LogP contribution >= 0.6 is 0 Å². The second kappa shape index (κ2) is 7.75. The summed E-state index contributed by atoms with van der Waals surface area (Å²) in [5.74, 6) is -1.84. The highest BCUT2D eigenvalue weighted by molar-refractivity contribution is 6.23. The van der Waals surface area contributed by atoms with Crippen LogP contribution in [0.1, 0.15) is 44.4 Å². The highest BCUT2D eigenvalue weighted by atomic mass is 16.5. The van der Waals surface area contributed by atoms with Gasteiger partial charge in [-0.3, -0.25) is 9.59 Å². The van der Waals surface area contributed by atoms with Crippen LogP contribution < -0.4 is 9.64 Å². The van der Waals surface area contributed by atoms with Crippen molar-refractivity contribution >= 4 is 23.5 Å². The number of imide groups is 1. The maximum Gasteiger partial charge on any atom is 0.343 e. The Bertz CT molecular complexity index is 1440. The molecule has 1 heterocycles. The highest BCUT2D eigenvalue weighted by Crippen LogP contribution is 2.61. The lowest BCUT2D eigenvalue weighted by atomic mass is 9.55. The van der Waals surface area contributed by atoms with Gasteiger partial charge in [-0.05, 0) is 46.5 Å². The zero-order chi connectivity index (χ0) is 24.4. The van der Waals surface area contributed by atoms with Crippen LogP contribution in [-0.4, -0.2) is 17.8 Å². The molecule has 1 fully saturated rings. The van der Waals surface area contributed by atoms with E-state index in [1.165, 1.54) is 4.90 Å². The number of hydrogen-bond acceptors (Lipinski definition) is 4. The summed E-state index contributed by atoms with van der Waals surface area (Å²) in [6.45, 7) is 0. The summed E-state index contributed by atoms with van der Waals surface area (Å²) in [6, 6.07) is 31.7. The number of benzene rings is 4. The SMILES string of the molecule is O=C(Oc1cccc(N2C(=O)C3C4c5ccccc5C(c5ccccc54)C3C2=O)c1)c1ccccc1. The fourth-order valence-corrected chi connectivity index (χ4v) is 6.36. The molecule has 4 aliphatic rings. The molecule has 1 saturated heterocycles. The van der Waals surface area contributed by atoms with Crippen LogP contribution in [0.4, 0.5) is 5.69 Å². The largest absolute Gasteiger partial charge is 0.423 e. The number of esters is 1. The van der Waals surface area contributed by atoms with E-state index in [0.29, 0.717) is 11.3 Å².